The Balaban J connectivity index is 1.69. The van der Waals surface area contributed by atoms with Crippen molar-refractivity contribution in [3.8, 4) is 0 Å². The summed E-state index contributed by atoms with van der Waals surface area (Å²) in [5.74, 6) is -4.29. The predicted octanol–water partition coefficient (Wildman–Crippen LogP) is 2.73. The van der Waals surface area contributed by atoms with Crippen LogP contribution < -0.4 is 10.6 Å². The summed E-state index contributed by atoms with van der Waals surface area (Å²) in [5, 5.41) is 17.6. The number of amides is 3. The molecule has 33 heavy (non-hydrogen) atoms. The molecule has 3 aliphatic rings. The van der Waals surface area contributed by atoms with Gasteiger partial charge in [-0.1, -0.05) is 23.7 Å². The Morgan fingerprint density at radius 2 is 1.76 bits per heavy atom. The summed E-state index contributed by atoms with van der Waals surface area (Å²) in [7, 11) is 0. The number of fused-ring (bicyclic) bond motifs is 4. The lowest BCUT2D eigenvalue weighted by Gasteiger charge is -2.35. The zero-order valence-corrected chi connectivity index (χ0v) is 19.0. The molecule has 3 heterocycles. The highest BCUT2D eigenvalue weighted by atomic mass is 35.5. The Morgan fingerprint density at radius 3 is 2.39 bits per heavy atom. The molecule has 5 rings (SSSR count). The van der Waals surface area contributed by atoms with E-state index in [4.69, 9.17) is 11.6 Å². The van der Waals surface area contributed by atoms with E-state index in [9.17, 15) is 23.9 Å². The van der Waals surface area contributed by atoms with Crippen molar-refractivity contribution in [2.75, 3.05) is 5.32 Å². The van der Waals surface area contributed by atoms with Crippen molar-refractivity contribution in [2.45, 2.75) is 44.0 Å². The fraction of sp³-hybridized carbons (Fsp3) is 0.375. The molecule has 3 amide bonds. The SMILES string of the molecule is CC(C)(C)N1C(=O)[C@@H]2[C@H]([C@H](O)c3ccc(Cl)cc3)N[C@@]3(C(=O)Nc4ccc(F)cc43)[C@H]2C1=O. The molecule has 2 aromatic rings. The number of rotatable bonds is 2. The molecule has 0 unspecified atom stereocenters. The van der Waals surface area contributed by atoms with Gasteiger partial charge in [0.25, 0.3) is 0 Å². The molecule has 0 radical (unpaired) electrons. The van der Waals surface area contributed by atoms with E-state index in [2.05, 4.69) is 10.6 Å². The van der Waals surface area contributed by atoms with Crippen molar-refractivity contribution in [3.05, 3.63) is 64.4 Å². The van der Waals surface area contributed by atoms with E-state index >= 15 is 0 Å². The van der Waals surface area contributed by atoms with E-state index in [1.165, 1.54) is 18.2 Å². The maximum absolute atomic E-state index is 14.3. The quantitative estimate of drug-likeness (QED) is 0.585. The minimum Gasteiger partial charge on any atom is -0.387 e. The van der Waals surface area contributed by atoms with Crippen LogP contribution in [0.5, 0.6) is 0 Å². The van der Waals surface area contributed by atoms with Crippen LogP contribution in [0.3, 0.4) is 0 Å². The van der Waals surface area contributed by atoms with E-state index in [0.29, 0.717) is 16.3 Å². The lowest BCUT2D eigenvalue weighted by molar-refractivity contribution is -0.148. The highest BCUT2D eigenvalue weighted by molar-refractivity contribution is 6.30. The Labute approximate surface area is 194 Å². The summed E-state index contributed by atoms with van der Waals surface area (Å²) in [6.07, 6.45) is -1.23. The summed E-state index contributed by atoms with van der Waals surface area (Å²) in [6.45, 7) is 5.20. The van der Waals surface area contributed by atoms with Crippen LogP contribution in [0.4, 0.5) is 10.1 Å². The molecule has 3 N–H and O–H groups in total. The zero-order valence-electron chi connectivity index (χ0n) is 18.2. The summed E-state index contributed by atoms with van der Waals surface area (Å²) in [4.78, 5) is 41.8. The van der Waals surface area contributed by atoms with Gasteiger partial charge < -0.3 is 10.4 Å². The normalized spacial score (nSPS) is 29.5. The topological polar surface area (TPSA) is 98.7 Å². The van der Waals surface area contributed by atoms with Gasteiger partial charge in [-0.2, -0.15) is 0 Å². The van der Waals surface area contributed by atoms with Gasteiger partial charge in [0, 0.05) is 21.8 Å². The van der Waals surface area contributed by atoms with Crippen molar-refractivity contribution < 1.29 is 23.9 Å². The van der Waals surface area contributed by atoms with Crippen LogP contribution >= 0.6 is 11.6 Å². The first-order valence-corrected chi connectivity index (χ1v) is 11.1. The number of halogens is 2. The molecular formula is C24H23ClFN3O4. The fourth-order valence-corrected chi connectivity index (χ4v) is 5.63. The first-order chi connectivity index (χ1) is 15.5. The average molecular weight is 472 g/mol. The molecule has 2 saturated heterocycles. The summed E-state index contributed by atoms with van der Waals surface area (Å²) >= 11 is 5.97. The maximum Gasteiger partial charge on any atom is 0.250 e. The number of imide groups is 1. The third kappa shape index (κ3) is 2.97. The van der Waals surface area contributed by atoms with Crippen molar-refractivity contribution >= 4 is 35.0 Å². The van der Waals surface area contributed by atoms with Crippen molar-refractivity contribution in [2.24, 2.45) is 11.8 Å². The highest BCUT2D eigenvalue weighted by Crippen LogP contribution is 2.55. The number of hydrogen-bond donors (Lipinski definition) is 3. The Morgan fingerprint density at radius 1 is 1.09 bits per heavy atom. The first-order valence-electron chi connectivity index (χ1n) is 10.7. The second-order valence-corrected chi connectivity index (χ2v) is 10.2. The predicted molar refractivity (Wildman–Crippen MR) is 119 cm³/mol. The van der Waals surface area contributed by atoms with Gasteiger partial charge in [0.2, 0.25) is 17.7 Å². The van der Waals surface area contributed by atoms with Gasteiger partial charge >= 0.3 is 0 Å². The van der Waals surface area contributed by atoms with Crippen molar-refractivity contribution in [3.63, 3.8) is 0 Å². The molecule has 0 bridgehead atoms. The van der Waals surface area contributed by atoms with Crippen LogP contribution in [0.25, 0.3) is 0 Å². The molecule has 172 valence electrons. The van der Waals surface area contributed by atoms with E-state index in [-0.39, 0.29) is 5.56 Å². The van der Waals surface area contributed by atoms with Gasteiger partial charge in [-0.3, -0.25) is 24.6 Å². The molecule has 3 aliphatic heterocycles. The Bertz CT molecular complexity index is 1200. The molecule has 7 nitrogen and oxygen atoms in total. The molecule has 0 aromatic heterocycles. The molecule has 0 saturated carbocycles. The molecule has 5 atom stereocenters. The van der Waals surface area contributed by atoms with Gasteiger partial charge in [-0.25, -0.2) is 4.39 Å². The number of carbonyl (C=O) groups excluding carboxylic acids is 3. The Kier molecular flexibility index (Phi) is 4.73. The van der Waals surface area contributed by atoms with Crippen molar-refractivity contribution in [1.82, 2.24) is 10.2 Å². The second-order valence-electron chi connectivity index (χ2n) is 9.80. The summed E-state index contributed by atoms with van der Waals surface area (Å²) < 4.78 is 14.3. The minimum absolute atomic E-state index is 0.255. The monoisotopic (exact) mass is 471 g/mol. The Hall–Kier alpha value is -2.81. The largest absolute Gasteiger partial charge is 0.387 e. The molecule has 2 aromatic carbocycles. The van der Waals surface area contributed by atoms with Crippen LogP contribution in [0.15, 0.2) is 42.5 Å². The molecular weight excluding hydrogens is 449 g/mol. The number of nitrogens with zero attached hydrogens (tertiary/aromatic N) is 1. The van der Waals surface area contributed by atoms with Crippen LogP contribution in [0.1, 0.15) is 38.0 Å². The van der Waals surface area contributed by atoms with E-state index in [1.807, 2.05) is 0 Å². The van der Waals surface area contributed by atoms with E-state index < -0.39 is 58.6 Å². The van der Waals surface area contributed by atoms with E-state index in [0.717, 1.165) is 4.90 Å². The third-order valence-electron chi connectivity index (χ3n) is 6.83. The van der Waals surface area contributed by atoms with Crippen LogP contribution in [-0.4, -0.2) is 39.3 Å². The lowest BCUT2D eigenvalue weighted by Crippen LogP contribution is -2.56. The summed E-state index contributed by atoms with van der Waals surface area (Å²) in [6, 6.07) is 9.34. The van der Waals surface area contributed by atoms with Crippen LogP contribution in [0.2, 0.25) is 5.02 Å². The van der Waals surface area contributed by atoms with Gasteiger partial charge in [-0.05, 0) is 56.7 Å². The molecule has 9 heteroatoms. The zero-order chi connectivity index (χ0) is 23.9. The molecule has 0 aliphatic carbocycles. The molecule has 1 spiro atoms. The number of nitrogens with one attached hydrogen (secondary N) is 2. The van der Waals surface area contributed by atoms with Gasteiger partial charge in [0.15, 0.2) is 0 Å². The number of carbonyl (C=O) groups is 3. The van der Waals surface area contributed by atoms with Crippen LogP contribution in [-0.2, 0) is 19.9 Å². The standard InChI is InChI=1S/C24H23ClFN3O4/c1-23(2,3)29-20(31)16-17(21(29)32)24(14-10-13(26)8-9-15(14)27-22(24)33)28-18(16)19(30)11-4-6-12(25)7-5-11/h4-10,16-19,28,30H,1-3H3,(H,27,33)/t16-,17+,18+,19+,24+/m0/s1. The van der Waals surface area contributed by atoms with Gasteiger partial charge in [0.05, 0.1) is 24.0 Å². The van der Waals surface area contributed by atoms with E-state index in [1.54, 1.807) is 45.0 Å². The lowest BCUT2D eigenvalue weighted by atomic mass is 9.76. The smallest absolute Gasteiger partial charge is 0.250 e. The van der Waals surface area contributed by atoms with Gasteiger partial charge in [-0.15, -0.1) is 0 Å². The van der Waals surface area contributed by atoms with Crippen LogP contribution in [0, 0.1) is 17.7 Å². The fourth-order valence-electron chi connectivity index (χ4n) is 5.50. The first kappa shape index (κ1) is 22.0. The number of aliphatic hydroxyl groups excluding tert-OH is 1. The number of likely N-dealkylation sites (tertiary alicyclic amines) is 1. The third-order valence-corrected chi connectivity index (χ3v) is 7.09. The molecule has 2 fully saturated rings. The average Bonchev–Trinajstić information content (AvgIpc) is 3.33. The second kappa shape index (κ2) is 7.09. The number of aliphatic hydroxyl groups is 1. The maximum atomic E-state index is 14.3. The number of anilines is 1. The summed E-state index contributed by atoms with van der Waals surface area (Å²) in [5.41, 5.74) is -1.43. The number of benzene rings is 2. The van der Waals surface area contributed by atoms with Gasteiger partial charge in [0.1, 0.15) is 11.4 Å². The number of hydrogen-bond acceptors (Lipinski definition) is 5. The van der Waals surface area contributed by atoms with Crippen molar-refractivity contribution in [1.29, 1.82) is 0 Å². The highest BCUT2D eigenvalue weighted by Gasteiger charge is 2.72. The minimum atomic E-state index is -1.69.